The van der Waals surface area contributed by atoms with Crippen molar-refractivity contribution in [2.45, 2.75) is 13.8 Å². The molecule has 0 aliphatic heterocycles. The van der Waals surface area contributed by atoms with Gasteiger partial charge in [-0.15, -0.1) is 34.0 Å². The van der Waals surface area contributed by atoms with Gasteiger partial charge in [0.15, 0.2) is 0 Å². The lowest BCUT2D eigenvalue weighted by molar-refractivity contribution is -0.134. The van der Waals surface area contributed by atoms with Gasteiger partial charge in [-0.1, -0.05) is 0 Å². The monoisotopic (exact) mass is 897 g/mol. The smallest absolute Gasteiger partial charge is 0.350 e. The van der Waals surface area contributed by atoms with Crippen LogP contribution in [0.4, 0.5) is 28.4 Å². The third-order valence-corrected chi connectivity index (χ3v) is 11.2. The summed E-state index contributed by atoms with van der Waals surface area (Å²) in [6, 6.07) is 5.61. The highest BCUT2D eigenvalue weighted by Crippen LogP contribution is 2.39. The van der Waals surface area contributed by atoms with Gasteiger partial charge in [0.05, 0.1) is 51.7 Å². The van der Waals surface area contributed by atoms with Crippen molar-refractivity contribution in [3.8, 4) is 0 Å². The van der Waals surface area contributed by atoms with E-state index in [1.54, 1.807) is 18.6 Å². The molecule has 7 aromatic heterocycles. The van der Waals surface area contributed by atoms with Crippen LogP contribution in [0.5, 0.6) is 0 Å². The van der Waals surface area contributed by atoms with Crippen LogP contribution in [0.2, 0.25) is 0 Å². The van der Waals surface area contributed by atoms with Crippen LogP contribution in [0.1, 0.15) is 33.2 Å². The predicted molar refractivity (Wildman–Crippen MR) is 245 cm³/mol. The van der Waals surface area contributed by atoms with E-state index in [9.17, 15) is 19.2 Å². The van der Waals surface area contributed by atoms with Gasteiger partial charge in [-0.25, -0.2) is 35.2 Å². The number of aliphatic carboxylic acids is 1. The molecule has 25 heteroatoms. The number of rotatable bonds is 6. The molecule has 61 heavy (non-hydrogen) atoms. The molecule has 7 rings (SSSR count). The fourth-order valence-electron chi connectivity index (χ4n) is 5.44. The number of esters is 1. The molecule has 0 aliphatic carbocycles. The van der Waals surface area contributed by atoms with E-state index < -0.39 is 17.8 Å². The molecule has 0 spiro atoms. The number of pyridine rings is 3. The summed E-state index contributed by atoms with van der Waals surface area (Å²) in [6.45, 7) is 2.42. The lowest BCUT2D eigenvalue weighted by Gasteiger charge is -2.13. The number of hydrogen-bond donors (Lipinski definition) is 8. The van der Waals surface area contributed by atoms with Crippen molar-refractivity contribution >= 4 is 127 Å². The van der Waals surface area contributed by atoms with Crippen LogP contribution in [-0.2, 0) is 14.3 Å². The van der Waals surface area contributed by atoms with Crippen molar-refractivity contribution in [2.24, 2.45) is 17.5 Å². The van der Waals surface area contributed by atoms with E-state index in [0.717, 1.165) is 59.3 Å². The average molecular weight is 898 g/mol. The first kappa shape index (κ1) is 48.6. The number of thiophene rings is 3. The maximum absolute atomic E-state index is 12.4. The van der Waals surface area contributed by atoms with Gasteiger partial charge < -0.3 is 36.0 Å². The van der Waals surface area contributed by atoms with Crippen LogP contribution in [0.25, 0.3) is 40.9 Å². The van der Waals surface area contributed by atoms with E-state index in [1.165, 1.54) is 54.4 Å². The van der Waals surface area contributed by atoms with Crippen molar-refractivity contribution in [2.75, 3.05) is 81.0 Å². The summed E-state index contributed by atoms with van der Waals surface area (Å²) in [6.07, 6.45) is 6.43. The minimum atomic E-state index is -0.833. The van der Waals surface area contributed by atoms with Crippen LogP contribution in [0, 0.1) is 0 Å². The van der Waals surface area contributed by atoms with Crippen molar-refractivity contribution in [1.29, 1.82) is 0 Å². The molecule has 0 atom stereocenters. The van der Waals surface area contributed by atoms with E-state index in [2.05, 4.69) is 42.5 Å². The van der Waals surface area contributed by atoms with Gasteiger partial charge in [0.1, 0.15) is 40.8 Å². The van der Waals surface area contributed by atoms with Crippen LogP contribution >= 0.6 is 34.0 Å². The van der Waals surface area contributed by atoms with E-state index >= 15 is 0 Å². The zero-order valence-corrected chi connectivity index (χ0v) is 37.1. The number of nitrogens with one attached hydrogen (secondary N) is 2. The first-order valence-electron chi connectivity index (χ1n) is 17.4. The number of hydrazine groups is 2. The van der Waals surface area contributed by atoms with E-state index in [-0.39, 0.29) is 11.5 Å². The summed E-state index contributed by atoms with van der Waals surface area (Å²) < 4.78 is 6.26. The summed E-state index contributed by atoms with van der Waals surface area (Å²) in [7, 11) is 12.9. The molecule has 22 nitrogen and oxygen atoms in total. The highest BCUT2D eigenvalue weighted by atomic mass is 32.1. The summed E-state index contributed by atoms with van der Waals surface area (Å²) in [4.78, 5) is 81.5. The number of nitrogens with two attached hydrogens (primary N) is 5. The second-order valence-electron chi connectivity index (χ2n) is 12.8. The molecule has 0 fully saturated rings. The molecule has 0 unspecified atom stereocenters. The van der Waals surface area contributed by atoms with Gasteiger partial charge in [0.2, 0.25) is 5.91 Å². The first-order chi connectivity index (χ1) is 28.8. The summed E-state index contributed by atoms with van der Waals surface area (Å²) >= 11 is 3.76. The van der Waals surface area contributed by atoms with Crippen molar-refractivity contribution < 1.29 is 29.0 Å². The molecule has 0 aromatic carbocycles. The molecule has 0 aliphatic rings. The van der Waals surface area contributed by atoms with Gasteiger partial charge in [0, 0.05) is 74.7 Å². The normalized spacial score (nSPS) is 10.2. The summed E-state index contributed by atoms with van der Waals surface area (Å²) in [5.41, 5.74) is 20.5. The largest absolute Gasteiger partial charge is 0.481 e. The van der Waals surface area contributed by atoms with E-state index in [0.29, 0.717) is 31.3 Å². The molecule has 326 valence electrons. The Hall–Kier alpha value is -6.77. The third-order valence-electron chi connectivity index (χ3n) is 7.91. The van der Waals surface area contributed by atoms with Gasteiger partial charge in [-0.2, -0.15) is 0 Å². The number of methoxy groups -OCH3 is 1. The van der Waals surface area contributed by atoms with Gasteiger partial charge >= 0.3 is 5.97 Å². The first-order valence-corrected chi connectivity index (χ1v) is 19.8. The van der Waals surface area contributed by atoms with Gasteiger partial charge in [-0.05, 0) is 18.2 Å². The Labute approximate surface area is 360 Å². The number of carboxylic acids is 1. The lowest BCUT2D eigenvalue weighted by Crippen LogP contribution is -2.31. The number of carboxylic acid groups (broad SMARTS) is 1. The van der Waals surface area contributed by atoms with Crippen molar-refractivity contribution in [3.05, 3.63) is 63.2 Å². The minimum absolute atomic E-state index is 0.303. The van der Waals surface area contributed by atoms with Gasteiger partial charge in [-0.3, -0.25) is 41.7 Å². The molecule has 7 heterocycles. The zero-order valence-electron chi connectivity index (χ0n) is 34.6. The molecule has 2 amide bonds. The Kier molecular flexibility index (Phi) is 17.1. The standard InChI is InChI=1S/C13H13N5O2S.C11H13N3O2S.C10H13N5OS.C2H4O2.H4N2/c1-7(19)16-18-6-15-10-9-8(17(2)3)4-5-14-12(9)21-11(10)13(18)20;1-14(2)6-4-5-13-10-7(6)8(12)9(17-10)11(15)16-3;1-15(2)5-3-4-13-10-6(5)7(11)8(17-10)9(16)14-12;1-2(3)4;1-2/h4-6H,1-3H3,(H,16,19);4-5H,12H2,1-3H3;3-4H,11-12H2,1-2H3,(H,14,16);1H3,(H,3,4);1-2H2. The van der Waals surface area contributed by atoms with Crippen LogP contribution in [-0.4, -0.2) is 103 Å². The van der Waals surface area contributed by atoms with E-state index in [4.69, 9.17) is 31.9 Å². The van der Waals surface area contributed by atoms with Crippen LogP contribution in [0.15, 0.2) is 47.9 Å². The Morgan fingerprint density at radius 3 is 1.54 bits per heavy atom. The summed E-state index contributed by atoms with van der Waals surface area (Å²) in [5.74, 6) is 11.1. The molecular formula is C36H47N15O7S3. The van der Waals surface area contributed by atoms with Crippen LogP contribution in [0.3, 0.4) is 0 Å². The number of amides is 2. The predicted octanol–water partition coefficient (Wildman–Crippen LogP) is 2.35. The third kappa shape index (κ3) is 11.1. The minimum Gasteiger partial charge on any atom is -0.481 e. The SMILES string of the molecule is CC(=O)Nn1cnc2c(sc3nccc(N(C)C)c32)c1=O.CC(=O)O.CN(C)c1ccnc2sc(C(=O)NN)c(N)c12.COC(=O)c1sc2nccc(N(C)C)c2c1N.NN. The van der Waals surface area contributed by atoms with E-state index in [1.807, 2.05) is 75.2 Å². The number of anilines is 5. The molecular weight excluding hydrogens is 851 g/mol. The Bertz CT molecular complexity index is 2640. The molecule has 0 radical (unpaired) electrons. The number of nitrogen functional groups attached to an aromatic ring is 3. The molecule has 13 N–H and O–H groups in total. The number of nitrogens with zero attached hydrogens (tertiary/aromatic N) is 8. The molecule has 0 bridgehead atoms. The zero-order chi connectivity index (χ0) is 45.9. The number of fused-ring (bicyclic) bond motifs is 5. The second kappa shape index (κ2) is 21.5. The molecule has 0 saturated carbocycles. The van der Waals surface area contributed by atoms with Crippen molar-refractivity contribution in [3.63, 3.8) is 0 Å². The maximum Gasteiger partial charge on any atom is 0.350 e. The Morgan fingerprint density at radius 1 is 0.721 bits per heavy atom. The fourth-order valence-corrected chi connectivity index (χ4v) is 8.48. The molecule has 0 saturated heterocycles. The molecule has 7 aromatic rings. The van der Waals surface area contributed by atoms with Crippen LogP contribution < -0.4 is 60.1 Å². The second-order valence-corrected chi connectivity index (χ2v) is 15.8. The average Bonchev–Trinajstić information content (AvgIpc) is 3.90. The summed E-state index contributed by atoms with van der Waals surface area (Å²) in [5, 5.41) is 9.87. The number of hydrogen-bond acceptors (Lipinski definition) is 21. The number of aromatic nitrogens is 5. The number of ether oxygens (including phenoxy) is 1. The Morgan fingerprint density at radius 2 is 1.13 bits per heavy atom. The van der Waals surface area contributed by atoms with Gasteiger partial charge in [0.25, 0.3) is 17.4 Å². The fraction of sp³-hybridized carbons (Fsp3) is 0.250. The maximum atomic E-state index is 12.4. The number of carbonyl (C=O) groups excluding carboxylic acids is 3. The van der Waals surface area contributed by atoms with Crippen molar-refractivity contribution in [1.82, 2.24) is 30.0 Å². The highest BCUT2D eigenvalue weighted by molar-refractivity contribution is 7.25. The topological polar surface area (TPSA) is 335 Å². The quantitative estimate of drug-likeness (QED) is 0.0514. The highest BCUT2D eigenvalue weighted by Gasteiger charge is 2.21. The lowest BCUT2D eigenvalue weighted by atomic mass is 10.2. The number of carbonyl (C=O) groups is 4. The Balaban J connectivity index is 0.000000230.